The second kappa shape index (κ2) is 8.87. The molecule has 0 radical (unpaired) electrons. The van der Waals surface area contributed by atoms with Crippen molar-refractivity contribution < 1.29 is 14.4 Å². The van der Waals surface area contributed by atoms with Gasteiger partial charge in [0.05, 0.1) is 11.8 Å². The number of rotatable bonds is 6. The molecule has 3 atom stereocenters. The highest BCUT2D eigenvalue weighted by molar-refractivity contribution is 8.00. The number of halogens is 1. The number of benzene rings is 1. The number of likely N-dealkylation sites (tertiary alicyclic amines) is 1. The first-order chi connectivity index (χ1) is 14.4. The average molecular weight is 463 g/mol. The fourth-order valence-electron chi connectivity index (χ4n) is 3.58. The quantitative estimate of drug-likeness (QED) is 0.304. The maximum absolute atomic E-state index is 12.7. The van der Waals surface area contributed by atoms with Gasteiger partial charge in [0, 0.05) is 10.8 Å². The van der Waals surface area contributed by atoms with E-state index in [1.54, 1.807) is 6.92 Å². The lowest BCUT2D eigenvalue weighted by Crippen LogP contribution is -2.46. The first-order valence-electron chi connectivity index (χ1n) is 9.47. The van der Waals surface area contributed by atoms with Crippen LogP contribution in [0.5, 0.6) is 0 Å². The van der Waals surface area contributed by atoms with Gasteiger partial charge in [-0.05, 0) is 37.5 Å². The van der Waals surface area contributed by atoms with Gasteiger partial charge in [-0.3, -0.25) is 24.6 Å². The monoisotopic (exact) mass is 462 g/mol. The molecule has 3 amide bonds. The van der Waals surface area contributed by atoms with Crippen molar-refractivity contribution in [3.63, 3.8) is 0 Å². The van der Waals surface area contributed by atoms with Crippen molar-refractivity contribution in [3.8, 4) is 0 Å². The second-order valence-electron chi connectivity index (χ2n) is 7.16. The van der Waals surface area contributed by atoms with E-state index in [4.69, 9.17) is 11.6 Å². The number of carbonyl (C=O) groups is 3. The minimum absolute atomic E-state index is 0.270. The van der Waals surface area contributed by atoms with Crippen molar-refractivity contribution in [1.29, 1.82) is 0 Å². The summed E-state index contributed by atoms with van der Waals surface area (Å²) in [5, 5.41) is 11.8. The van der Waals surface area contributed by atoms with Gasteiger partial charge in [0.1, 0.15) is 6.04 Å². The highest BCUT2D eigenvalue weighted by atomic mass is 35.5. The summed E-state index contributed by atoms with van der Waals surface area (Å²) in [5.74, 6) is -0.995. The van der Waals surface area contributed by atoms with Crippen LogP contribution < -0.4 is 5.32 Å². The van der Waals surface area contributed by atoms with E-state index in [2.05, 4.69) is 15.5 Å². The molecule has 2 unspecified atom stereocenters. The van der Waals surface area contributed by atoms with Gasteiger partial charge in [-0.15, -0.1) is 10.2 Å². The third-order valence-corrected chi connectivity index (χ3v) is 7.52. The van der Waals surface area contributed by atoms with Crippen LogP contribution in [-0.4, -0.2) is 38.9 Å². The molecule has 1 fully saturated rings. The number of carbonyl (C=O) groups excluding carboxylic acids is 3. The molecule has 1 N–H and O–H groups in total. The summed E-state index contributed by atoms with van der Waals surface area (Å²) in [5.41, 5.74) is 1.10. The van der Waals surface area contributed by atoms with Crippen LogP contribution in [0.3, 0.4) is 0 Å². The Balaban J connectivity index is 1.35. The summed E-state index contributed by atoms with van der Waals surface area (Å²) >= 11 is 8.64. The summed E-state index contributed by atoms with van der Waals surface area (Å²) in [6.07, 6.45) is 4.94. The van der Waals surface area contributed by atoms with Gasteiger partial charge in [0.2, 0.25) is 22.9 Å². The number of anilines is 1. The van der Waals surface area contributed by atoms with E-state index < -0.39 is 11.9 Å². The zero-order valence-corrected chi connectivity index (χ0v) is 18.5. The summed E-state index contributed by atoms with van der Waals surface area (Å²) < 4.78 is 0.707. The van der Waals surface area contributed by atoms with Crippen LogP contribution in [0.4, 0.5) is 5.13 Å². The number of thioether (sulfide) groups is 1. The summed E-state index contributed by atoms with van der Waals surface area (Å²) in [7, 11) is 0. The van der Waals surface area contributed by atoms with Crippen LogP contribution in [-0.2, 0) is 20.1 Å². The Kier molecular flexibility index (Phi) is 6.21. The number of nitrogens with one attached hydrogen (secondary N) is 1. The van der Waals surface area contributed by atoms with E-state index in [-0.39, 0.29) is 23.7 Å². The third-order valence-electron chi connectivity index (χ3n) is 5.22. The van der Waals surface area contributed by atoms with Crippen molar-refractivity contribution in [2.24, 2.45) is 11.8 Å². The van der Waals surface area contributed by atoms with E-state index in [0.29, 0.717) is 33.1 Å². The molecular weight excluding hydrogens is 444 g/mol. The fraction of sp³-hybridized carbons (Fsp3) is 0.350. The third kappa shape index (κ3) is 4.28. The topological polar surface area (TPSA) is 92.3 Å². The number of aromatic nitrogens is 2. The van der Waals surface area contributed by atoms with Gasteiger partial charge in [0.15, 0.2) is 4.34 Å². The Hall–Kier alpha value is -2.23. The predicted octanol–water partition coefficient (Wildman–Crippen LogP) is 3.76. The molecule has 1 saturated heterocycles. The Morgan fingerprint density at radius 2 is 1.83 bits per heavy atom. The van der Waals surface area contributed by atoms with Crippen molar-refractivity contribution in [3.05, 3.63) is 47.0 Å². The summed E-state index contributed by atoms with van der Waals surface area (Å²) in [6, 6.07) is 6.65. The molecule has 7 nitrogen and oxygen atoms in total. The molecule has 10 heteroatoms. The molecule has 2 heterocycles. The maximum Gasteiger partial charge on any atom is 0.249 e. The van der Waals surface area contributed by atoms with Crippen LogP contribution in [0.2, 0.25) is 5.02 Å². The molecule has 1 aromatic carbocycles. The van der Waals surface area contributed by atoms with Crippen molar-refractivity contribution in [1.82, 2.24) is 15.1 Å². The lowest BCUT2D eigenvalue weighted by atomic mass is 9.85. The Labute approximate surface area is 186 Å². The minimum Gasteiger partial charge on any atom is -0.299 e. The smallest absolute Gasteiger partial charge is 0.249 e. The number of fused-ring (bicyclic) bond motifs is 1. The number of amides is 3. The molecule has 1 aliphatic heterocycles. The van der Waals surface area contributed by atoms with Crippen LogP contribution in [0.25, 0.3) is 0 Å². The Bertz CT molecular complexity index is 982. The lowest BCUT2D eigenvalue weighted by molar-refractivity contribution is -0.146. The van der Waals surface area contributed by atoms with Gasteiger partial charge < -0.3 is 0 Å². The normalized spacial score (nSPS) is 21.6. The molecule has 1 aromatic heterocycles. The van der Waals surface area contributed by atoms with Gasteiger partial charge >= 0.3 is 0 Å². The molecule has 0 spiro atoms. The Morgan fingerprint density at radius 3 is 2.47 bits per heavy atom. The molecule has 30 heavy (non-hydrogen) atoms. The largest absolute Gasteiger partial charge is 0.299 e. The standard InChI is InChI=1S/C20H19ClN4O3S2/c1-11(25-17(27)14-4-2-3-5-15(14)18(25)28)16(26)22-19-23-24-20(30-19)29-10-12-6-8-13(21)9-7-12/h2-3,6-9,11,14-15H,4-5,10H2,1H3,(H,22,23,26)/t11-,14?,15?/m0/s1. The predicted molar refractivity (Wildman–Crippen MR) is 116 cm³/mol. The molecule has 0 bridgehead atoms. The highest BCUT2D eigenvalue weighted by Crippen LogP contribution is 2.36. The summed E-state index contributed by atoms with van der Waals surface area (Å²) in [4.78, 5) is 39.1. The van der Waals surface area contributed by atoms with Crippen molar-refractivity contribution in [2.75, 3.05) is 5.32 Å². The number of nitrogens with zero attached hydrogens (tertiary/aromatic N) is 3. The van der Waals surface area contributed by atoms with E-state index in [0.717, 1.165) is 10.5 Å². The van der Waals surface area contributed by atoms with E-state index in [1.165, 1.54) is 23.1 Å². The van der Waals surface area contributed by atoms with Crippen LogP contribution >= 0.6 is 34.7 Å². The fourth-order valence-corrected chi connectivity index (χ4v) is 5.42. The first kappa shape index (κ1) is 21.0. The summed E-state index contributed by atoms with van der Waals surface area (Å²) in [6.45, 7) is 1.56. The SMILES string of the molecule is C[C@@H](C(=O)Nc1nnc(SCc2ccc(Cl)cc2)s1)N1C(=O)C2CC=CCC2C1=O. The minimum atomic E-state index is -0.898. The molecular formula is C20H19ClN4O3S2. The van der Waals surface area contributed by atoms with Crippen molar-refractivity contribution >= 4 is 57.6 Å². The number of hydrogen-bond acceptors (Lipinski definition) is 7. The Morgan fingerprint density at radius 1 is 1.20 bits per heavy atom. The zero-order chi connectivity index (χ0) is 21.3. The zero-order valence-electron chi connectivity index (χ0n) is 16.1. The van der Waals surface area contributed by atoms with Crippen LogP contribution in [0.1, 0.15) is 25.3 Å². The lowest BCUT2D eigenvalue weighted by Gasteiger charge is -2.21. The molecule has 156 valence electrons. The number of imide groups is 1. The molecule has 4 rings (SSSR count). The average Bonchev–Trinajstić information content (AvgIpc) is 3.30. The maximum atomic E-state index is 12.7. The van der Waals surface area contributed by atoms with Crippen molar-refractivity contribution in [2.45, 2.75) is 35.9 Å². The number of allylic oxidation sites excluding steroid dienone is 2. The van der Waals surface area contributed by atoms with Gasteiger partial charge in [-0.1, -0.05) is 59.0 Å². The highest BCUT2D eigenvalue weighted by Gasteiger charge is 2.50. The second-order valence-corrected chi connectivity index (χ2v) is 9.79. The molecule has 0 saturated carbocycles. The van der Waals surface area contributed by atoms with Crippen LogP contribution in [0, 0.1) is 11.8 Å². The van der Waals surface area contributed by atoms with Gasteiger partial charge in [-0.25, -0.2) is 0 Å². The van der Waals surface area contributed by atoms with Gasteiger partial charge in [0.25, 0.3) is 0 Å². The van der Waals surface area contributed by atoms with E-state index >= 15 is 0 Å². The van der Waals surface area contributed by atoms with E-state index in [1.807, 2.05) is 36.4 Å². The molecule has 2 aliphatic rings. The number of hydrogen-bond donors (Lipinski definition) is 1. The van der Waals surface area contributed by atoms with Gasteiger partial charge in [-0.2, -0.15) is 0 Å². The first-order valence-corrected chi connectivity index (χ1v) is 11.7. The van der Waals surface area contributed by atoms with Crippen LogP contribution in [0.15, 0.2) is 40.8 Å². The van der Waals surface area contributed by atoms with E-state index in [9.17, 15) is 14.4 Å². The molecule has 2 aromatic rings. The molecule has 1 aliphatic carbocycles.